The molecular formula is C16H28N2O. The number of hydrogen-bond donors (Lipinski definition) is 1. The van der Waals surface area contributed by atoms with E-state index in [4.69, 9.17) is 10.5 Å². The monoisotopic (exact) mass is 264 g/mol. The van der Waals surface area contributed by atoms with Crippen LogP contribution in [-0.2, 0) is 0 Å². The van der Waals surface area contributed by atoms with Gasteiger partial charge in [-0.2, -0.15) is 0 Å². The maximum atomic E-state index is 5.74. The molecule has 2 N–H and O–H groups in total. The number of aryl methyl sites for hydroxylation is 1. The van der Waals surface area contributed by atoms with Crippen molar-refractivity contribution in [1.82, 2.24) is 0 Å². The van der Waals surface area contributed by atoms with Crippen LogP contribution < -0.4 is 15.4 Å². The number of benzene rings is 1. The minimum absolute atomic E-state index is 0.0469. The third-order valence-electron chi connectivity index (χ3n) is 4.23. The van der Waals surface area contributed by atoms with Crippen LogP contribution in [0.2, 0.25) is 0 Å². The van der Waals surface area contributed by atoms with Gasteiger partial charge in [0, 0.05) is 18.3 Å². The van der Waals surface area contributed by atoms with Gasteiger partial charge in [-0.25, -0.2) is 0 Å². The molecule has 0 aliphatic heterocycles. The predicted molar refractivity (Wildman–Crippen MR) is 83.4 cm³/mol. The Labute approximate surface area is 117 Å². The zero-order valence-electron chi connectivity index (χ0n) is 13.4. The van der Waals surface area contributed by atoms with Crippen LogP contribution >= 0.6 is 0 Å². The molecule has 0 unspecified atom stereocenters. The van der Waals surface area contributed by atoms with Gasteiger partial charge in [-0.3, -0.25) is 0 Å². The fourth-order valence-electron chi connectivity index (χ4n) is 2.58. The van der Waals surface area contributed by atoms with Crippen molar-refractivity contribution in [2.45, 2.75) is 46.6 Å². The second-order valence-corrected chi connectivity index (χ2v) is 5.90. The minimum atomic E-state index is 0.0469. The summed E-state index contributed by atoms with van der Waals surface area (Å²) in [4.78, 5) is 2.34. The van der Waals surface area contributed by atoms with Gasteiger partial charge < -0.3 is 15.4 Å². The summed E-state index contributed by atoms with van der Waals surface area (Å²) in [5.74, 6) is 0.962. The van der Waals surface area contributed by atoms with Crippen molar-refractivity contribution in [2.24, 2.45) is 5.73 Å². The van der Waals surface area contributed by atoms with E-state index in [1.54, 1.807) is 7.11 Å². The van der Waals surface area contributed by atoms with Crippen LogP contribution in [0.1, 0.15) is 37.0 Å². The highest BCUT2D eigenvalue weighted by molar-refractivity contribution is 5.65. The third kappa shape index (κ3) is 3.03. The summed E-state index contributed by atoms with van der Waals surface area (Å²) in [5.41, 5.74) is 10.8. The second-order valence-electron chi connectivity index (χ2n) is 5.90. The fraction of sp³-hybridized carbons (Fsp3) is 0.625. The van der Waals surface area contributed by atoms with Crippen molar-refractivity contribution in [3.05, 3.63) is 22.8 Å². The summed E-state index contributed by atoms with van der Waals surface area (Å²) >= 11 is 0. The van der Waals surface area contributed by atoms with Crippen LogP contribution in [0.3, 0.4) is 0 Å². The van der Waals surface area contributed by atoms with Crippen molar-refractivity contribution < 1.29 is 4.74 Å². The largest absolute Gasteiger partial charge is 0.496 e. The zero-order chi connectivity index (χ0) is 14.8. The first kappa shape index (κ1) is 15.8. The van der Waals surface area contributed by atoms with Crippen LogP contribution in [0, 0.1) is 20.8 Å². The Morgan fingerprint density at radius 2 is 1.79 bits per heavy atom. The molecule has 0 fully saturated rings. The molecule has 19 heavy (non-hydrogen) atoms. The maximum absolute atomic E-state index is 5.74. The quantitative estimate of drug-likeness (QED) is 0.887. The van der Waals surface area contributed by atoms with Gasteiger partial charge in [0.2, 0.25) is 0 Å². The SMILES string of the molecule is COc1cc(C)c(N(C)C(C)(C)CCN)c(C)c1C. The molecule has 1 aromatic rings. The smallest absolute Gasteiger partial charge is 0.122 e. The van der Waals surface area contributed by atoms with Crippen molar-refractivity contribution in [3.63, 3.8) is 0 Å². The molecule has 0 heterocycles. The molecule has 0 saturated carbocycles. The molecule has 1 aromatic carbocycles. The number of anilines is 1. The number of nitrogens with zero attached hydrogens (tertiary/aromatic N) is 1. The maximum Gasteiger partial charge on any atom is 0.122 e. The van der Waals surface area contributed by atoms with Crippen LogP contribution in [-0.4, -0.2) is 26.2 Å². The summed E-state index contributed by atoms with van der Waals surface area (Å²) in [7, 11) is 3.87. The lowest BCUT2D eigenvalue weighted by atomic mass is 9.94. The number of nitrogens with two attached hydrogens (primary N) is 1. The van der Waals surface area contributed by atoms with E-state index in [1.807, 2.05) is 0 Å². The molecule has 0 aromatic heterocycles. The van der Waals surface area contributed by atoms with E-state index in [0.717, 1.165) is 12.2 Å². The van der Waals surface area contributed by atoms with Crippen LogP contribution in [0.5, 0.6) is 5.75 Å². The molecular weight excluding hydrogens is 236 g/mol. The third-order valence-corrected chi connectivity index (χ3v) is 4.23. The Morgan fingerprint density at radius 1 is 1.21 bits per heavy atom. The lowest BCUT2D eigenvalue weighted by Gasteiger charge is -2.39. The fourth-order valence-corrected chi connectivity index (χ4v) is 2.58. The average Bonchev–Trinajstić information content (AvgIpc) is 2.33. The van der Waals surface area contributed by atoms with Gasteiger partial charge in [-0.15, -0.1) is 0 Å². The first-order valence-corrected chi connectivity index (χ1v) is 6.85. The molecule has 0 amide bonds. The second kappa shape index (κ2) is 5.83. The van der Waals surface area contributed by atoms with E-state index in [-0.39, 0.29) is 5.54 Å². The molecule has 0 atom stereocenters. The molecule has 108 valence electrons. The standard InChI is InChI=1S/C16H28N2O/c1-11-10-14(19-7)12(2)13(3)15(11)18(6)16(4,5)8-9-17/h10H,8-9,17H2,1-7H3. The van der Waals surface area contributed by atoms with Crippen molar-refractivity contribution in [3.8, 4) is 5.75 Å². The Bertz CT molecular complexity index is 453. The Kier molecular flexibility index (Phi) is 4.86. The summed E-state index contributed by atoms with van der Waals surface area (Å²) in [5, 5.41) is 0. The number of ether oxygens (including phenoxy) is 1. The number of methoxy groups -OCH3 is 1. The highest BCUT2D eigenvalue weighted by atomic mass is 16.5. The van der Waals surface area contributed by atoms with Crippen LogP contribution in [0.4, 0.5) is 5.69 Å². The molecule has 3 nitrogen and oxygen atoms in total. The summed E-state index contributed by atoms with van der Waals surface area (Å²) in [6.07, 6.45) is 0.966. The topological polar surface area (TPSA) is 38.5 Å². The van der Waals surface area contributed by atoms with Crippen LogP contribution in [0.25, 0.3) is 0 Å². The van der Waals surface area contributed by atoms with Gasteiger partial charge in [0.25, 0.3) is 0 Å². The van der Waals surface area contributed by atoms with Crippen molar-refractivity contribution in [1.29, 1.82) is 0 Å². The summed E-state index contributed by atoms with van der Waals surface area (Å²) in [6.45, 7) is 11.6. The number of hydrogen-bond acceptors (Lipinski definition) is 3. The average molecular weight is 264 g/mol. The first-order chi connectivity index (χ1) is 8.76. The molecule has 0 spiro atoms. The Morgan fingerprint density at radius 3 is 2.26 bits per heavy atom. The zero-order valence-corrected chi connectivity index (χ0v) is 13.4. The van der Waals surface area contributed by atoms with Crippen LogP contribution in [0.15, 0.2) is 6.07 Å². The van der Waals surface area contributed by atoms with E-state index >= 15 is 0 Å². The number of rotatable bonds is 5. The summed E-state index contributed by atoms with van der Waals surface area (Å²) < 4.78 is 5.44. The van der Waals surface area contributed by atoms with Gasteiger partial charge in [0.15, 0.2) is 0 Å². The van der Waals surface area contributed by atoms with E-state index in [2.05, 4.69) is 52.6 Å². The Balaban J connectivity index is 3.32. The van der Waals surface area contributed by atoms with Gasteiger partial charge in [0.1, 0.15) is 5.75 Å². The predicted octanol–water partition coefficient (Wildman–Crippen LogP) is 3.18. The lowest BCUT2D eigenvalue weighted by molar-refractivity contribution is 0.410. The molecule has 0 aliphatic carbocycles. The van der Waals surface area contributed by atoms with Gasteiger partial charge in [-0.1, -0.05) is 0 Å². The van der Waals surface area contributed by atoms with Crippen molar-refractivity contribution in [2.75, 3.05) is 25.6 Å². The minimum Gasteiger partial charge on any atom is -0.496 e. The molecule has 0 bridgehead atoms. The highest BCUT2D eigenvalue weighted by Crippen LogP contribution is 2.36. The van der Waals surface area contributed by atoms with Crippen molar-refractivity contribution >= 4 is 5.69 Å². The van der Waals surface area contributed by atoms with E-state index < -0.39 is 0 Å². The molecule has 0 radical (unpaired) electrons. The highest BCUT2D eigenvalue weighted by Gasteiger charge is 2.26. The Hall–Kier alpha value is -1.22. The van der Waals surface area contributed by atoms with Gasteiger partial charge >= 0.3 is 0 Å². The van der Waals surface area contributed by atoms with Gasteiger partial charge in [-0.05, 0) is 70.3 Å². The van der Waals surface area contributed by atoms with E-state index in [9.17, 15) is 0 Å². The van der Waals surface area contributed by atoms with E-state index in [1.165, 1.54) is 22.4 Å². The molecule has 1 rings (SSSR count). The lowest BCUT2D eigenvalue weighted by Crippen LogP contribution is -2.43. The van der Waals surface area contributed by atoms with Gasteiger partial charge in [0.05, 0.1) is 7.11 Å². The normalized spacial score (nSPS) is 11.6. The van der Waals surface area contributed by atoms with E-state index in [0.29, 0.717) is 6.54 Å². The molecule has 3 heteroatoms. The first-order valence-electron chi connectivity index (χ1n) is 6.85. The molecule has 0 aliphatic rings. The molecule has 0 saturated heterocycles. The summed E-state index contributed by atoms with van der Waals surface area (Å²) in [6, 6.07) is 2.12.